The summed E-state index contributed by atoms with van der Waals surface area (Å²) in [7, 11) is -2.28. The number of carbonyl (C=O) groups excluding carboxylic acids is 1. The number of amides is 1. The van der Waals surface area contributed by atoms with Crippen molar-refractivity contribution in [2.24, 2.45) is 0 Å². The largest absolute Gasteiger partial charge is 0.461 e. The lowest BCUT2D eigenvalue weighted by Crippen LogP contribution is -2.40. The number of hydrogen-bond acceptors (Lipinski definition) is 5. The fourth-order valence-electron chi connectivity index (χ4n) is 4.14. The smallest absolute Gasteiger partial charge is 0.256 e. The molecule has 0 bridgehead atoms. The minimum Gasteiger partial charge on any atom is -0.461 e. The number of aryl methyl sites for hydroxylation is 1. The van der Waals surface area contributed by atoms with Crippen LogP contribution in [0.4, 0.5) is 4.39 Å². The summed E-state index contributed by atoms with van der Waals surface area (Å²) in [5.41, 5.74) is 1.35. The number of fused-ring (bicyclic) bond motifs is 1. The van der Waals surface area contributed by atoms with E-state index in [-0.39, 0.29) is 30.1 Å². The monoisotopic (exact) mass is 488 g/mol. The number of benzene rings is 2. The standard InChI is InChI=1S/C25H29FN2O5S/c1-3-4-8-24-21(19-7-5-6-9-23(19)33-24)17-27(2)25(29)20-16-18(10-11-22(20)26)34(30,31)28-12-14-32-15-13-28/h5-7,9-11,16H,3-4,8,12-15,17H2,1-2H3. The molecule has 1 aliphatic heterocycles. The Labute approximate surface area is 199 Å². The van der Waals surface area contributed by atoms with E-state index in [1.54, 1.807) is 7.05 Å². The minimum absolute atomic E-state index is 0.107. The highest BCUT2D eigenvalue weighted by Crippen LogP contribution is 2.29. The third-order valence-electron chi connectivity index (χ3n) is 6.06. The minimum atomic E-state index is -3.86. The van der Waals surface area contributed by atoms with Crippen molar-refractivity contribution in [2.75, 3.05) is 33.4 Å². The number of sulfonamides is 1. The van der Waals surface area contributed by atoms with E-state index in [2.05, 4.69) is 6.92 Å². The molecule has 0 radical (unpaired) electrons. The Hall–Kier alpha value is -2.75. The van der Waals surface area contributed by atoms with Crippen molar-refractivity contribution < 1.29 is 26.8 Å². The topological polar surface area (TPSA) is 80.1 Å². The summed E-state index contributed by atoms with van der Waals surface area (Å²) >= 11 is 0. The fourth-order valence-corrected chi connectivity index (χ4v) is 5.58. The molecule has 182 valence electrons. The summed E-state index contributed by atoms with van der Waals surface area (Å²) in [5.74, 6) is -0.545. The van der Waals surface area contributed by atoms with Gasteiger partial charge in [0.1, 0.15) is 17.2 Å². The summed E-state index contributed by atoms with van der Waals surface area (Å²) in [6.07, 6.45) is 2.69. The van der Waals surface area contributed by atoms with E-state index in [0.717, 1.165) is 53.7 Å². The van der Waals surface area contributed by atoms with Crippen molar-refractivity contribution in [1.29, 1.82) is 0 Å². The van der Waals surface area contributed by atoms with Gasteiger partial charge in [0.15, 0.2) is 0 Å². The molecule has 1 fully saturated rings. The molecule has 2 heterocycles. The Morgan fingerprint density at radius 2 is 1.88 bits per heavy atom. The summed E-state index contributed by atoms with van der Waals surface area (Å²) in [6, 6.07) is 11.0. The van der Waals surface area contributed by atoms with E-state index < -0.39 is 21.7 Å². The van der Waals surface area contributed by atoms with Crippen LogP contribution in [0.3, 0.4) is 0 Å². The molecule has 0 N–H and O–H groups in total. The molecule has 1 aromatic heterocycles. The molecule has 1 aliphatic rings. The summed E-state index contributed by atoms with van der Waals surface area (Å²) in [4.78, 5) is 14.5. The first-order valence-electron chi connectivity index (χ1n) is 11.4. The quantitative estimate of drug-likeness (QED) is 0.475. The van der Waals surface area contributed by atoms with Crippen LogP contribution in [0.1, 0.15) is 41.4 Å². The molecule has 0 atom stereocenters. The van der Waals surface area contributed by atoms with Gasteiger partial charge in [-0.25, -0.2) is 12.8 Å². The second kappa shape index (κ2) is 10.2. The van der Waals surface area contributed by atoms with Crippen LogP contribution in [-0.2, 0) is 27.7 Å². The van der Waals surface area contributed by atoms with Gasteiger partial charge in [0, 0.05) is 44.1 Å². The highest BCUT2D eigenvalue weighted by Gasteiger charge is 2.29. The van der Waals surface area contributed by atoms with Crippen LogP contribution in [0.25, 0.3) is 11.0 Å². The average Bonchev–Trinajstić information content (AvgIpc) is 3.20. The SMILES string of the molecule is CCCCc1oc2ccccc2c1CN(C)C(=O)c1cc(S(=O)(=O)N2CCOCC2)ccc1F. The number of nitrogens with zero attached hydrogens (tertiary/aromatic N) is 2. The predicted octanol–water partition coefficient (Wildman–Crippen LogP) is 4.21. The van der Waals surface area contributed by atoms with Gasteiger partial charge in [0.05, 0.1) is 23.7 Å². The lowest BCUT2D eigenvalue weighted by Gasteiger charge is -2.26. The lowest BCUT2D eigenvalue weighted by atomic mass is 10.1. The average molecular weight is 489 g/mol. The fraction of sp³-hybridized carbons (Fsp3) is 0.400. The normalized spacial score (nSPS) is 15.0. The van der Waals surface area contributed by atoms with Gasteiger partial charge in [-0.1, -0.05) is 31.5 Å². The highest BCUT2D eigenvalue weighted by molar-refractivity contribution is 7.89. The number of morpholine rings is 1. The van der Waals surface area contributed by atoms with Crippen LogP contribution in [0.15, 0.2) is 51.8 Å². The van der Waals surface area contributed by atoms with E-state index in [1.165, 1.54) is 15.3 Å². The van der Waals surface area contributed by atoms with Crippen LogP contribution in [-0.4, -0.2) is 56.9 Å². The third kappa shape index (κ3) is 4.87. The van der Waals surface area contributed by atoms with Gasteiger partial charge in [-0.3, -0.25) is 4.79 Å². The number of furan rings is 1. The Balaban J connectivity index is 1.62. The van der Waals surface area contributed by atoms with Gasteiger partial charge in [0.25, 0.3) is 5.91 Å². The zero-order valence-corrected chi connectivity index (χ0v) is 20.2. The molecule has 0 spiro atoms. The number of ether oxygens (including phenoxy) is 1. The van der Waals surface area contributed by atoms with Gasteiger partial charge in [-0.2, -0.15) is 4.31 Å². The second-order valence-corrected chi connectivity index (χ2v) is 10.4. The zero-order chi connectivity index (χ0) is 24.3. The van der Waals surface area contributed by atoms with Crippen molar-refractivity contribution in [3.63, 3.8) is 0 Å². The molecule has 3 aromatic rings. The van der Waals surface area contributed by atoms with Crippen LogP contribution in [0.2, 0.25) is 0 Å². The first-order chi connectivity index (χ1) is 16.3. The van der Waals surface area contributed by atoms with Crippen LogP contribution in [0, 0.1) is 5.82 Å². The summed E-state index contributed by atoms with van der Waals surface area (Å²) in [5, 5.41) is 0.914. The number of unbranched alkanes of at least 4 members (excludes halogenated alkanes) is 1. The van der Waals surface area contributed by atoms with Gasteiger partial charge < -0.3 is 14.1 Å². The highest BCUT2D eigenvalue weighted by atomic mass is 32.2. The van der Waals surface area contributed by atoms with Gasteiger partial charge in [-0.05, 0) is 30.7 Å². The summed E-state index contributed by atoms with van der Waals surface area (Å²) < 4.78 is 53.2. The maximum Gasteiger partial charge on any atom is 0.256 e. The molecule has 9 heteroatoms. The van der Waals surface area contributed by atoms with Crippen molar-refractivity contribution in [2.45, 2.75) is 37.6 Å². The number of hydrogen-bond donors (Lipinski definition) is 0. The van der Waals surface area contributed by atoms with E-state index in [4.69, 9.17) is 9.15 Å². The number of halogens is 1. The lowest BCUT2D eigenvalue weighted by molar-refractivity contribution is 0.0730. The Morgan fingerprint density at radius 3 is 2.62 bits per heavy atom. The van der Waals surface area contributed by atoms with E-state index in [1.807, 2.05) is 24.3 Å². The Bertz CT molecular complexity index is 1280. The van der Waals surface area contributed by atoms with E-state index in [9.17, 15) is 17.6 Å². The molecular weight excluding hydrogens is 459 g/mol. The Kier molecular flexibility index (Phi) is 7.35. The molecule has 2 aromatic carbocycles. The van der Waals surface area contributed by atoms with Crippen LogP contribution >= 0.6 is 0 Å². The van der Waals surface area contributed by atoms with Crippen LogP contribution in [0.5, 0.6) is 0 Å². The zero-order valence-electron chi connectivity index (χ0n) is 19.4. The summed E-state index contributed by atoms with van der Waals surface area (Å²) in [6.45, 7) is 3.35. The number of para-hydroxylation sites is 1. The maximum absolute atomic E-state index is 14.7. The maximum atomic E-state index is 14.7. The first kappa shape index (κ1) is 24.4. The second-order valence-electron chi connectivity index (χ2n) is 8.42. The third-order valence-corrected chi connectivity index (χ3v) is 7.95. The van der Waals surface area contributed by atoms with Gasteiger partial charge >= 0.3 is 0 Å². The molecule has 1 amide bonds. The molecule has 4 rings (SSSR count). The van der Waals surface area contributed by atoms with Gasteiger partial charge in [-0.15, -0.1) is 0 Å². The van der Waals surface area contributed by atoms with Gasteiger partial charge in [0.2, 0.25) is 10.0 Å². The predicted molar refractivity (Wildman–Crippen MR) is 127 cm³/mol. The van der Waals surface area contributed by atoms with Crippen molar-refractivity contribution in [3.8, 4) is 0 Å². The number of rotatable bonds is 8. The molecule has 0 aliphatic carbocycles. The molecule has 0 unspecified atom stereocenters. The van der Waals surface area contributed by atoms with Crippen LogP contribution < -0.4 is 0 Å². The van der Waals surface area contributed by atoms with Crippen molar-refractivity contribution >= 4 is 26.9 Å². The number of carbonyl (C=O) groups is 1. The van der Waals surface area contributed by atoms with Crippen molar-refractivity contribution in [1.82, 2.24) is 9.21 Å². The molecule has 1 saturated heterocycles. The Morgan fingerprint density at radius 1 is 1.15 bits per heavy atom. The first-order valence-corrected chi connectivity index (χ1v) is 12.9. The molecule has 7 nitrogen and oxygen atoms in total. The van der Waals surface area contributed by atoms with E-state index in [0.29, 0.717) is 13.2 Å². The molecular formula is C25H29FN2O5S. The molecule has 0 saturated carbocycles. The molecule has 34 heavy (non-hydrogen) atoms. The van der Waals surface area contributed by atoms with Crippen molar-refractivity contribution in [3.05, 3.63) is 65.2 Å². The van der Waals surface area contributed by atoms with E-state index >= 15 is 0 Å².